The first kappa shape index (κ1) is 22.1. The van der Waals surface area contributed by atoms with Gasteiger partial charge in [0, 0.05) is 17.2 Å². The molecule has 0 saturated heterocycles. The van der Waals surface area contributed by atoms with Crippen molar-refractivity contribution >= 4 is 28.5 Å². The minimum absolute atomic E-state index is 0.221. The highest BCUT2D eigenvalue weighted by Crippen LogP contribution is 2.31. The largest absolute Gasteiger partial charge is 0.497 e. The van der Waals surface area contributed by atoms with E-state index in [-0.39, 0.29) is 11.7 Å². The van der Waals surface area contributed by atoms with E-state index in [9.17, 15) is 4.79 Å². The molecule has 3 aromatic carbocycles. The maximum absolute atomic E-state index is 13.6. The standard InChI is InChI=1S/C27H25NO5/c1-4-15-32-20-12-9-18(10-13-20)26(29)22(27-28-23-7-5-6-8-24(23)33-27)16-19-11-14-21(30-2)17-25(19)31-3/h5-14,16-17H,4,15H2,1-3H3. The molecule has 0 spiro atoms. The Morgan fingerprint density at radius 2 is 1.73 bits per heavy atom. The molecule has 0 amide bonds. The number of ether oxygens (including phenoxy) is 3. The molecule has 1 heterocycles. The average Bonchev–Trinajstić information content (AvgIpc) is 3.30. The molecule has 4 rings (SSSR count). The Kier molecular flexibility index (Phi) is 6.74. The van der Waals surface area contributed by atoms with Crippen molar-refractivity contribution < 1.29 is 23.4 Å². The Hall–Kier alpha value is -4.06. The number of carbonyl (C=O) groups is 1. The van der Waals surface area contributed by atoms with Crippen LogP contribution in [0.15, 0.2) is 71.1 Å². The van der Waals surface area contributed by atoms with Crippen molar-refractivity contribution in [2.24, 2.45) is 0 Å². The number of benzene rings is 3. The first-order valence-electron chi connectivity index (χ1n) is 10.7. The second kappa shape index (κ2) is 10.0. The van der Waals surface area contributed by atoms with Crippen LogP contribution in [0.1, 0.15) is 35.2 Å². The number of hydrogen-bond donors (Lipinski definition) is 0. The van der Waals surface area contributed by atoms with Crippen molar-refractivity contribution in [2.75, 3.05) is 20.8 Å². The predicted octanol–water partition coefficient (Wildman–Crippen LogP) is 6.06. The van der Waals surface area contributed by atoms with Gasteiger partial charge in [0.15, 0.2) is 11.4 Å². The number of nitrogens with zero attached hydrogens (tertiary/aromatic N) is 1. The first-order chi connectivity index (χ1) is 16.1. The van der Waals surface area contributed by atoms with E-state index in [1.807, 2.05) is 43.3 Å². The molecule has 0 aliphatic carbocycles. The molecule has 0 aliphatic heterocycles. The number of oxazole rings is 1. The molecule has 4 aromatic rings. The molecule has 33 heavy (non-hydrogen) atoms. The van der Waals surface area contributed by atoms with Gasteiger partial charge in [0.05, 0.1) is 26.4 Å². The lowest BCUT2D eigenvalue weighted by Gasteiger charge is -2.10. The zero-order chi connectivity index (χ0) is 23.2. The van der Waals surface area contributed by atoms with E-state index in [2.05, 4.69) is 4.98 Å². The lowest BCUT2D eigenvalue weighted by atomic mass is 10.00. The van der Waals surface area contributed by atoms with Gasteiger partial charge < -0.3 is 18.6 Å². The Bertz CT molecular complexity index is 1250. The van der Waals surface area contributed by atoms with Gasteiger partial charge in [-0.05, 0) is 61.0 Å². The Balaban J connectivity index is 1.79. The molecule has 0 aliphatic rings. The Morgan fingerprint density at radius 1 is 0.970 bits per heavy atom. The number of Topliss-reactive ketones (excluding diaryl/α,β-unsaturated/α-hetero) is 1. The molecular weight excluding hydrogens is 418 g/mol. The van der Waals surface area contributed by atoms with E-state index in [1.165, 1.54) is 0 Å². The summed E-state index contributed by atoms with van der Waals surface area (Å²) in [6.07, 6.45) is 2.64. The van der Waals surface area contributed by atoms with Crippen LogP contribution >= 0.6 is 0 Å². The van der Waals surface area contributed by atoms with E-state index in [1.54, 1.807) is 50.6 Å². The van der Waals surface area contributed by atoms with Gasteiger partial charge in [-0.3, -0.25) is 4.79 Å². The summed E-state index contributed by atoms with van der Waals surface area (Å²) in [4.78, 5) is 18.2. The highest BCUT2D eigenvalue weighted by atomic mass is 16.5. The summed E-state index contributed by atoms with van der Waals surface area (Å²) in [6, 6.07) is 19.9. The zero-order valence-corrected chi connectivity index (χ0v) is 18.8. The average molecular weight is 443 g/mol. The summed E-state index contributed by atoms with van der Waals surface area (Å²) in [6.45, 7) is 2.67. The van der Waals surface area contributed by atoms with Crippen molar-refractivity contribution in [3.8, 4) is 17.2 Å². The summed E-state index contributed by atoms with van der Waals surface area (Å²) >= 11 is 0. The lowest BCUT2D eigenvalue weighted by molar-refractivity contribution is 0.105. The SMILES string of the molecule is CCCOc1ccc(C(=O)C(=Cc2ccc(OC)cc2OC)c2nc3ccccc3o2)cc1. The van der Waals surface area contributed by atoms with Gasteiger partial charge >= 0.3 is 0 Å². The zero-order valence-electron chi connectivity index (χ0n) is 18.8. The molecule has 0 radical (unpaired) electrons. The monoisotopic (exact) mass is 443 g/mol. The van der Waals surface area contributed by atoms with Crippen LogP contribution in [0.3, 0.4) is 0 Å². The molecule has 0 fully saturated rings. The van der Waals surface area contributed by atoms with Crippen LogP contribution in [-0.2, 0) is 0 Å². The van der Waals surface area contributed by atoms with Gasteiger partial charge in [0.1, 0.15) is 22.8 Å². The molecule has 0 saturated carbocycles. The first-order valence-corrected chi connectivity index (χ1v) is 10.7. The van der Waals surface area contributed by atoms with Gasteiger partial charge in [-0.25, -0.2) is 4.98 Å². The maximum Gasteiger partial charge on any atom is 0.231 e. The summed E-state index contributed by atoms with van der Waals surface area (Å²) in [7, 11) is 3.16. The van der Waals surface area contributed by atoms with Crippen LogP contribution in [0.25, 0.3) is 22.7 Å². The molecule has 6 heteroatoms. The number of ketones is 1. The van der Waals surface area contributed by atoms with Crippen molar-refractivity contribution in [1.82, 2.24) is 4.98 Å². The third-order valence-electron chi connectivity index (χ3n) is 5.10. The predicted molar refractivity (Wildman–Crippen MR) is 128 cm³/mol. The summed E-state index contributed by atoms with van der Waals surface area (Å²) in [5.41, 5.74) is 2.80. The fraction of sp³-hybridized carbons (Fsp3) is 0.185. The van der Waals surface area contributed by atoms with E-state index in [4.69, 9.17) is 18.6 Å². The lowest BCUT2D eigenvalue weighted by Crippen LogP contribution is -2.04. The quantitative estimate of drug-likeness (QED) is 0.231. The summed E-state index contributed by atoms with van der Waals surface area (Å²) in [5.74, 6) is 1.96. The van der Waals surface area contributed by atoms with Crippen LogP contribution in [0.4, 0.5) is 0 Å². The van der Waals surface area contributed by atoms with E-state index < -0.39 is 0 Å². The molecule has 0 unspecified atom stereocenters. The highest BCUT2D eigenvalue weighted by molar-refractivity contribution is 6.31. The molecule has 6 nitrogen and oxygen atoms in total. The van der Waals surface area contributed by atoms with Crippen LogP contribution in [0, 0.1) is 0 Å². The number of allylic oxidation sites excluding steroid dienone is 1. The molecule has 0 bridgehead atoms. The van der Waals surface area contributed by atoms with Crippen molar-refractivity contribution in [2.45, 2.75) is 13.3 Å². The van der Waals surface area contributed by atoms with Crippen molar-refractivity contribution in [1.29, 1.82) is 0 Å². The molecule has 1 aromatic heterocycles. The fourth-order valence-electron chi connectivity index (χ4n) is 3.38. The summed E-state index contributed by atoms with van der Waals surface area (Å²) in [5, 5.41) is 0. The van der Waals surface area contributed by atoms with Crippen LogP contribution in [-0.4, -0.2) is 31.6 Å². The van der Waals surface area contributed by atoms with Gasteiger partial charge in [0.25, 0.3) is 0 Å². The third kappa shape index (κ3) is 4.90. The number of hydrogen-bond acceptors (Lipinski definition) is 6. The molecular formula is C27H25NO5. The summed E-state index contributed by atoms with van der Waals surface area (Å²) < 4.78 is 22.4. The second-order valence-electron chi connectivity index (χ2n) is 7.35. The van der Waals surface area contributed by atoms with Gasteiger partial charge in [-0.15, -0.1) is 0 Å². The van der Waals surface area contributed by atoms with E-state index in [0.717, 1.165) is 12.2 Å². The van der Waals surface area contributed by atoms with Crippen molar-refractivity contribution in [3.05, 3.63) is 83.7 Å². The van der Waals surface area contributed by atoms with Crippen LogP contribution < -0.4 is 14.2 Å². The van der Waals surface area contributed by atoms with Gasteiger partial charge in [0.2, 0.25) is 5.89 Å². The van der Waals surface area contributed by atoms with E-state index >= 15 is 0 Å². The number of para-hydroxylation sites is 2. The number of carbonyl (C=O) groups excluding carboxylic acids is 1. The number of aromatic nitrogens is 1. The van der Waals surface area contributed by atoms with E-state index in [0.29, 0.717) is 45.9 Å². The third-order valence-corrected chi connectivity index (χ3v) is 5.10. The number of rotatable bonds is 9. The van der Waals surface area contributed by atoms with Gasteiger partial charge in [-0.1, -0.05) is 19.1 Å². The molecule has 0 N–H and O–H groups in total. The maximum atomic E-state index is 13.6. The van der Waals surface area contributed by atoms with Crippen LogP contribution in [0.2, 0.25) is 0 Å². The topological polar surface area (TPSA) is 70.8 Å². The highest BCUT2D eigenvalue weighted by Gasteiger charge is 2.21. The Morgan fingerprint density at radius 3 is 2.42 bits per heavy atom. The Labute approximate surface area is 192 Å². The fourth-order valence-corrected chi connectivity index (χ4v) is 3.38. The minimum atomic E-state index is -0.221. The number of methoxy groups -OCH3 is 2. The second-order valence-corrected chi connectivity index (χ2v) is 7.35. The van der Waals surface area contributed by atoms with Crippen LogP contribution in [0.5, 0.6) is 17.2 Å². The normalized spacial score (nSPS) is 11.4. The molecule has 0 atom stereocenters. The van der Waals surface area contributed by atoms with Gasteiger partial charge in [-0.2, -0.15) is 0 Å². The minimum Gasteiger partial charge on any atom is -0.497 e. The molecule has 168 valence electrons. The smallest absolute Gasteiger partial charge is 0.231 e. The number of fused-ring (bicyclic) bond motifs is 1. The van der Waals surface area contributed by atoms with Crippen molar-refractivity contribution in [3.63, 3.8) is 0 Å².